The fraction of sp³-hybridized carbons (Fsp3) is 0.100. The maximum atomic E-state index is 13.5. The van der Waals surface area contributed by atoms with E-state index in [0.717, 1.165) is 11.0 Å². The molecule has 0 bridgehead atoms. The van der Waals surface area contributed by atoms with Gasteiger partial charge in [-0.2, -0.15) is 0 Å². The van der Waals surface area contributed by atoms with Gasteiger partial charge in [0.25, 0.3) is 11.7 Å². The number of halogens is 2. The van der Waals surface area contributed by atoms with E-state index >= 15 is 0 Å². The monoisotopic (exact) mass is 241 g/mol. The number of hydrogen-bond donors (Lipinski definition) is 0. The van der Waals surface area contributed by atoms with Gasteiger partial charge < -0.3 is 4.79 Å². The average molecular weight is 242 g/mol. The molecule has 82 valence electrons. The number of carbonyl (C=O) groups is 3. The Balaban J connectivity index is 2.69. The normalized spacial score (nSPS) is 14.2. The second kappa shape index (κ2) is 3.68. The number of aldehydes is 1. The van der Waals surface area contributed by atoms with Gasteiger partial charge in [0.2, 0.25) is 0 Å². The Morgan fingerprint density at radius 1 is 1.38 bits per heavy atom. The van der Waals surface area contributed by atoms with E-state index < -0.39 is 17.5 Å². The molecule has 0 atom stereocenters. The minimum atomic E-state index is -0.936. The molecular weight excluding hydrogens is 237 g/mol. The average Bonchev–Trinajstić information content (AvgIpc) is 2.50. The molecule has 0 radical (unpaired) electrons. The first-order valence-electron chi connectivity index (χ1n) is 4.35. The minimum Gasteiger partial charge on any atom is -0.301 e. The van der Waals surface area contributed by atoms with Crippen LogP contribution in [0.15, 0.2) is 12.1 Å². The molecule has 0 unspecified atom stereocenters. The summed E-state index contributed by atoms with van der Waals surface area (Å²) < 4.78 is 13.5. The summed E-state index contributed by atoms with van der Waals surface area (Å²) >= 11 is 5.71. The first kappa shape index (κ1) is 10.8. The SMILES string of the molecule is O=CCN1C(=O)C(=O)c2c(Cl)ccc(F)c21. The number of carbonyl (C=O) groups excluding carboxylic acids is 3. The zero-order valence-electron chi connectivity index (χ0n) is 7.87. The Morgan fingerprint density at radius 3 is 2.69 bits per heavy atom. The summed E-state index contributed by atoms with van der Waals surface area (Å²) in [6, 6.07) is 2.25. The predicted octanol–water partition coefficient (Wildman–Crippen LogP) is 1.21. The Morgan fingerprint density at radius 2 is 2.06 bits per heavy atom. The lowest BCUT2D eigenvalue weighted by Crippen LogP contribution is -2.31. The number of rotatable bonds is 2. The third-order valence-electron chi connectivity index (χ3n) is 2.27. The van der Waals surface area contributed by atoms with E-state index in [0.29, 0.717) is 6.29 Å². The van der Waals surface area contributed by atoms with Crippen molar-refractivity contribution in [3.05, 3.63) is 28.5 Å². The van der Waals surface area contributed by atoms with Crippen LogP contribution in [0, 0.1) is 5.82 Å². The molecule has 1 heterocycles. The molecule has 0 fully saturated rings. The summed E-state index contributed by atoms with van der Waals surface area (Å²) in [6.07, 6.45) is 0.417. The van der Waals surface area contributed by atoms with E-state index in [1.807, 2.05) is 0 Å². The lowest BCUT2D eigenvalue weighted by atomic mass is 10.1. The highest BCUT2D eigenvalue weighted by Gasteiger charge is 2.39. The molecule has 0 N–H and O–H groups in total. The van der Waals surface area contributed by atoms with Crippen LogP contribution in [-0.4, -0.2) is 24.5 Å². The van der Waals surface area contributed by atoms with Crippen LogP contribution in [0.5, 0.6) is 0 Å². The molecule has 0 saturated heterocycles. The van der Waals surface area contributed by atoms with Crippen LogP contribution in [0.25, 0.3) is 0 Å². The number of anilines is 1. The van der Waals surface area contributed by atoms with Gasteiger partial charge in [-0.15, -0.1) is 0 Å². The van der Waals surface area contributed by atoms with Gasteiger partial charge >= 0.3 is 0 Å². The molecule has 0 spiro atoms. The largest absolute Gasteiger partial charge is 0.301 e. The molecule has 1 aliphatic heterocycles. The molecule has 1 amide bonds. The van der Waals surface area contributed by atoms with Crippen LogP contribution < -0.4 is 4.90 Å². The molecular formula is C10H5ClFNO3. The van der Waals surface area contributed by atoms with E-state index in [2.05, 4.69) is 0 Å². The fourth-order valence-corrected chi connectivity index (χ4v) is 1.84. The number of ketones is 1. The summed E-state index contributed by atoms with van der Waals surface area (Å²) in [5.74, 6) is -2.57. The van der Waals surface area contributed by atoms with Crippen LogP contribution in [-0.2, 0) is 9.59 Å². The molecule has 0 aliphatic carbocycles. The van der Waals surface area contributed by atoms with E-state index in [1.165, 1.54) is 6.07 Å². The van der Waals surface area contributed by atoms with Gasteiger partial charge in [0, 0.05) is 0 Å². The molecule has 0 saturated carbocycles. The maximum Gasteiger partial charge on any atom is 0.300 e. The highest BCUT2D eigenvalue weighted by atomic mass is 35.5. The third kappa shape index (κ3) is 1.32. The van der Waals surface area contributed by atoms with Crippen molar-refractivity contribution in [3.8, 4) is 0 Å². The van der Waals surface area contributed by atoms with Crippen LogP contribution in [0.3, 0.4) is 0 Å². The third-order valence-corrected chi connectivity index (χ3v) is 2.59. The van der Waals surface area contributed by atoms with Gasteiger partial charge in [0.05, 0.1) is 22.8 Å². The zero-order chi connectivity index (χ0) is 11.9. The van der Waals surface area contributed by atoms with Gasteiger partial charge in [-0.05, 0) is 12.1 Å². The van der Waals surface area contributed by atoms with Crippen molar-refractivity contribution in [1.82, 2.24) is 0 Å². The van der Waals surface area contributed by atoms with Crippen LogP contribution in [0.2, 0.25) is 5.02 Å². The quantitative estimate of drug-likeness (QED) is 0.578. The van der Waals surface area contributed by atoms with Gasteiger partial charge in [-0.3, -0.25) is 14.5 Å². The van der Waals surface area contributed by atoms with Crippen molar-refractivity contribution < 1.29 is 18.8 Å². The molecule has 1 aromatic carbocycles. The van der Waals surface area contributed by atoms with Crippen molar-refractivity contribution in [2.75, 3.05) is 11.4 Å². The molecule has 0 aromatic heterocycles. The lowest BCUT2D eigenvalue weighted by molar-refractivity contribution is -0.115. The number of hydrogen-bond acceptors (Lipinski definition) is 3. The van der Waals surface area contributed by atoms with Crippen LogP contribution in [0.1, 0.15) is 10.4 Å². The van der Waals surface area contributed by atoms with E-state index in [1.54, 1.807) is 0 Å². The molecule has 2 rings (SSSR count). The van der Waals surface area contributed by atoms with Gasteiger partial charge in [-0.25, -0.2) is 4.39 Å². The first-order valence-corrected chi connectivity index (χ1v) is 4.73. The molecule has 1 aromatic rings. The van der Waals surface area contributed by atoms with Crippen molar-refractivity contribution in [3.63, 3.8) is 0 Å². The Labute approximate surface area is 94.6 Å². The summed E-state index contributed by atoms with van der Waals surface area (Å²) in [5, 5.41) is 0.00292. The second-order valence-corrected chi connectivity index (χ2v) is 3.57. The fourth-order valence-electron chi connectivity index (χ4n) is 1.60. The summed E-state index contributed by atoms with van der Waals surface area (Å²) in [7, 11) is 0. The Bertz CT molecular complexity index is 515. The maximum absolute atomic E-state index is 13.5. The Hall–Kier alpha value is -1.75. The van der Waals surface area contributed by atoms with E-state index in [9.17, 15) is 18.8 Å². The number of Topliss-reactive ketones (excluding diaryl/α,β-unsaturated/α-hetero) is 1. The van der Waals surface area contributed by atoms with Crippen molar-refractivity contribution in [2.45, 2.75) is 0 Å². The molecule has 1 aliphatic rings. The first-order chi connectivity index (χ1) is 7.57. The van der Waals surface area contributed by atoms with Crippen molar-refractivity contribution >= 4 is 35.3 Å². The highest BCUT2D eigenvalue weighted by molar-refractivity contribution is 6.55. The zero-order valence-corrected chi connectivity index (χ0v) is 8.62. The summed E-state index contributed by atoms with van der Waals surface area (Å²) in [4.78, 5) is 34.1. The standard InChI is InChI=1S/C10H5ClFNO3/c11-5-1-2-6(12)8-7(5)9(15)10(16)13(8)3-4-14/h1-2,4H,3H2. The van der Waals surface area contributed by atoms with Gasteiger partial charge in [-0.1, -0.05) is 11.6 Å². The Kier molecular flexibility index (Phi) is 2.47. The minimum absolute atomic E-state index is 0.00292. The molecule has 6 heteroatoms. The topological polar surface area (TPSA) is 54.5 Å². The molecule has 16 heavy (non-hydrogen) atoms. The number of benzene rings is 1. The summed E-state index contributed by atoms with van der Waals surface area (Å²) in [6.45, 7) is -0.366. The lowest BCUT2D eigenvalue weighted by Gasteiger charge is -2.13. The second-order valence-electron chi connectivity index (χ2n) is 3.16. The van der Waals surface area contributed by atoms with Crippen molar-refractivity contribution in [2.24, 2.45) is 0 Å². The van der Waals surface area contributed by atoms with Crippen LogP contribution >= 0.6 is 11.6 Å². The smallest absolute Gasteiger partial charge is 0.300 e. The number of fused-ring (bicyclic) bond motifs is 1. The summed E-state index contributed by atoms with van der Waals surface area (Å²) in [5.41, 5.74) is -0.386. The highest BCUT2D eigenvalue weighted by Crippen LogP contribution is 2.36. The molecule has 4 nitrogen and oxygen atoms in total. The number of nitrogens with zero attached hydrogens (tertiary/aromatic N) is 1. The van der Waals surface area contributed by atoms with E-state index in [4.69, 9.17) is 11.6 Å². The van der Waals surface area contributed by atoms with Gasteiger partial charge in [0.15, 0.2) is 0 Å². The van der Waals surface area contributed by atoms with Gasteiger partial charge in [0.1, 0.15) is 12.1 Å². The predicted molar refractivity (Wildman–Crippen MR) is 54.2 cm³/mol. The van der Waals surface area contributed by atoms with Crippen molar-refractivity contribution in [1.29, 1.82) is 0 Å². The number of amides is 1. The van der Waals surface area contributed by atoms with E-state index in [-0.39, 0.29) is 22.8 Å². The van der Waals surface area contributed by atoms with Crippen LogP contribution in [0.4, 0.5) is 10.1 Å².